The summed E-state index contributed by atoms with van der Waals surface area (Å²) >= 11 is 0. The minimum Gasteiger partial charge on any atom is -0.466 e. The van der Waals surface area contributed by atoms with Gasteiger partial charge in [-0.2, -0.15) is 0 Å². The van der Waals surface area contributed by atoms with E-state index in [0.29, 0.717) is 19.4 Å². The number of aliphatic hydroxyl groups excluding tert-OH is 2. The molecule has 0 radical (unpaired) electrons. The maximum Gasteiger partial charge on any atom is 0.305 e. The van der Waals surface area contributed by atoms with E-state index < -0.39 is 12.1 Å². The van der Waals surface area contributed by atoms with Crippen molar-refractivity contribution in [3.05, 3.63) is 36.5 Å². The van der Waals surface area contributed by atoms with Crippen LogP contribution in [-0.4, -0.2) is 47.4 Å². The first-order valence-corrected chi connectivity index (χ1v) is 39.3. The van der Waals surface area contributed by atoms with E-state index >= 15 is 0 Å². The lowest BCUT2D eigenvalue weighted by Crippen LogP contribution is -2.45. The van der Waals surface area contributed by atoms with Gasteiger partial charge in [-0.25, -0.2) is 0 Å². The molecule has 0 aliphatic rings. The summed E-state index contributed by atoms with van der Waals surface area (Å²) in [5.74, 6) is -0.0504. The SMILES string of the molecule is CCCCCC/C=C\CCCCCCCC(=O)OCCCCCCCCCCCCCC/C=C\CCCCCCCCCCCCCCCCCCCC(=O)NC(CO)C(O)/C=C/CCCCCCCCCCCCCCCCCCCCCCC. The van der Waals surface area contributed by atoms with Crippen LogP contribution in [-0.2, 0) is 14.3 Å². The number of unbranched alkanes of at least 4 members (excludes halogenated alkanes) is 59. The molecular formula is C80H153NO5. The molecule has 0 heterocycles. The van der Waals surface area contributed by atoms with E-state index in [1.165, 1.54) is 366 Å². The Bertz CT molecular complexity index is 1390. The molecule has 6 heteroatoms. The van der Waals surface area contributed by atoms with Crippen molar-refractivity contribution in [1.29, 1.82) is 0 Å². The molecule has 0 rings (SSSR count). The van der Waals surface area contributed by atoms with E-state index in [4.69, 9.17) is 4.74 Å². The second kappa shape index (κ2) is 75.5. The molecule has 0 bridgehead atoms. The number of hydrogen-bond acceptors (Lipinski definition) is 5. The number of hydrogen-bond donors (Lipinski definition) is 3. The topological polar surface area (TPSA) is 95.9 Å². The Hall–Kier alpha value is -1.92. The Kier molecular flexibility index (Phi) is 73.9. The zero-order valence-corrected chi connectivity index (χ0v) is 58.3. The van der Waals surface area contributed by atoms with Crippen LogP contribution in [0.5, 0.6) is 0 Å². The van der Waals surface area contributed by atoms with E-state index in [2.05, 4.69) is 43.5 Å². The van der Waals surface area contributed by atoms with Crippen LogP contribution in [0.2, 0.25) is 0 Å². The Morgan fingerprint density at radius 1 is 0.314 bits per heavy atom. The molecule has 0 aromatic rings. The normalized spacial score (nSPS) is 12.7. The molecule has 0 saturated heterocycles. The minimum atomic E-state index is -0.844. The Morgan fingerprint density at radius 3 is 0.837 bits per heavy atom. The first kappa shape index (κ1) is 84.1. The summed E-state index contributed by atoms with van der Waals surface area (Å²) in [5.41, 5.74) is 0. The number of rotatable bonds is 74. The Labute approximate surface area is 538 Å². The van der Waals surface area contributed by atoms with Crippen molar-refractivity contribution < 1.29 is 24.5 Å². The van der Waals surface area contributed by atoms with Crippen LogP contribution in [0.15, 0.2) is 36.5 Å². The van der Waals surface area contributed by atoms with Crippen LogP contribution < -0.4 is 5.32 Å². The summed E-state index contributed by atoms with van der Waals surface area (Å²) in [7, 11) is 0. The van der Waals surface area contributed by atoms with Gasteiger partial charge < -0.3 is 20.3 Å². The molecule has 0 saturated carbocycles. The molecule has 0 aromatic carbocycles. The van der Waals surface area contributed by atoms with Crippen LogP contribution in [0.25, 0.3) is 0 Å². The lowest BCUT2D eigenvalue weighted by Gasteiger charge is -2.20. The summed E-state index contributed by atoms with van der Waals surface area (Å²) in [4.78, 5) is 24.6. The molecule has 2 unspecified atom stereocenters. The van der Waals surface area contributed by atoms with Crippen molar-refractivity contribution in [3.8, 4) is 0 Å². The molecular weight excluding hydrogens is 1050 g/mol. The summed E-state index contributed by atoms with van der Waals surface area (Å²) in [6.45, 7) is 4.93. The van der Waals surface area contributed by atoms with Gasteiger partial charge in [0, 0.05) is 12.8 Å². The van der Waals surface area contributed by atoms with Crippen molar-refractivity contribution in [2.75, 3.05) is 13.2 Å². The van der Waals surface area contributed by atoms with Gasteiger partial charge in [0.05, 0.1) is 25.4 Å². The van der Waals surface area contributed by atoms with Crippen LogP contribution in [0.3, 0.4) is 0 Å². The number of esters is 1. The zero-order valence-electron chi connectivity index (χ0n) is 58.3. The van der Waals surface area contributed by atoms with E-state index in [1.807, 2.05) is 6.08 Å². The lowest BCUT2D eigenvalue weighted by molar-refractivity contribution is -0.143. The fourth-order valence-corrected chi connectivity index (χ4v) is 12.4. The van der Waals surface area contributed by atoms with Gasteiger partial charge in [0.15, 0.2) is 0 Å². The van der Waals surface area contributed by atoms with Gasteiger partial charge in [0.2, 0.25) is 5.91 Å². The number of carbonyl (C=O) groups is 2. The smallest absolute Gasteiger partial charge is 0.305 e. The zero-order chi connectivity index (χ0) is 62.0. The third kappa shape index (κ3) is 71.2. The third-order valence-corrected chi connectivity index (χ3v) is 18.4. The van der Waals surface area contributed by atoms with Crippen molar-refractivity contribution in [1.82, 2.24) is 5.32 Å². The fraction of sp³-hybridized carbons (Fsp3) is 0.900. The number of carbonyl (C=O) groups excluding carboxylic acids is 2. The van der Waals surface area contributed by atoms with Crippen LogP contribution in [0.4, 0.5) is 0 Å². The number of aliphatic hydroxyl groups is 2. The molecule has 0 aliphatic heterocycles. The van der Waals surface area contributed by atoms with E-state index in [-0.39, 0.29) is 18.5 Å². The predicted octanol–water partition coefficient (Wildman–Crippen LogP) is 25.8. The highest BCUT2D eigenvalue weighted by atomic mass is 16.5. The van der Waals surface area contributed by atoms with Crippen molar-refractivity contribution in [2.45, 2.75) is 450 Å². The van der Waals surface area contributed by atoms with Crippen LogP contribution in [0.1, 0.15) is 438 Å². The number of ether oxygens (including phenoxy) is 1. The lowest BCUT2D eigenvalue weighted by atomic mass is 10.0. The maximum absolute atomic E-state index is 12.5. The molecule has 2 atom stereocenters. The molecule has 0 spiro atoms. The van der Waals surface area contributed by atoms with Crippen molar-refractivity contribution in [2.24, 2.45) is 0 Å². The first-order valence-electron chi connectivity index (χ1n) is 39.3. The largest absolute Gasteiger partial charge is 0.466 e. The molecule has 0 fully saturated rings. The highest BCUT2D eigenvalue weighted by molar-refractivity contribution is 5.76. The summed E-state index contributed by atoms with van der Waals surface area (Å²) in [6.07, 6.45) is 98.4. The second-order valence-electron chi connectivity index (χ2n) is 27.0. The van der Waals surface area contributed by atoms with Crippen molar-refractivity contribution in [3.63, 3.8) is 0 Å². The van der Waals surface area contributed by atoms with Gasteiger partial charge in [-0.05, 0) is 83.5 Å². The predicted molar refractivity (Wildman–Crippen MR) is 379 cm³/mol. The van der Waals surface area contributed by atoms with Gasteiger partial charge >= 0.3 is 5.97 Å². The summed E-state index contributed by atoms with van der Waals surface area (Å²) < 4.78 is 5.48. The number of amides is 1. The van der Waals surface area contributed by atoms with Crippen LogP contribution in [0, 0.1) is 0 Å². The number of nitrogens with one attached hydrogen (secondary N) is 1. The monoisotopic (exact) mass is 1210 g/mol. The van der Waals surface area contributed by atoms with Gasteiger partial charge in [-0.15, -0.1) is 0 Å². The Morgan fingerprint density at radius 2 is 0.547 bits per heavy atom. The van der Waals surface area contributed by atoms with Gasteiger partial charge in [0.25, 0.3) is 0 Å². The average molecular weight is 1210 g/mol. The fourth-order valence-electron chi connectivity index (χ4n) is 12.4. The minimum absolute atomic E-state index is 0.00975. The molecule has 0 aliphatic carbocycles. The first-order chi connectivity index (χ1) is 42.5. The molecule has 86 heavy (non-hydrogen) atoms. The van der Waals surface area contributed by atoms with Gasteiger partial charge in [0.1, 0.15) is 0 Å². The summed E-state index contributed by atoms with van der Waals surface area (Å²) in [6, 6.07) is -0.627. The van der Waals surface area contributed by atoms with E-state index in [0.717, 1.165) is 44.9 Å². The van der Waals surface area contributed by atoms with Crippen molar-refractivity contribution >= 4 is 11.9 Å². The van der Waals surface area contributed by atoms with Gasteiger partial charge in [-0.1, -0.05) is 378 Å². The van der Waals surface area contributed by atoms with Crippen LogP contribution >= 0.6 is 0 Å². The van der Waals surface area contributed by atoms with E-state index in [1.54, 1.807) is 6.08 Å². The Balaban J connectivity index is 3.38. The highest BCUT2D eigenvalue weighted by Gasteiger charge is 2.18. The molecule has 508 valence electrons. The summed E-state index contributed by atoms with van der Waals surface area (Å²) in [5, 5.41) is 23.3. The molecule has 6 nitrogen and oxygen atoms in total. The quantitative estimate of drug-likeness (QED) is 0.0320. The highest BCUT2D eigenvalue weighted by Crippen LogP contribution is 2.19. The molecule has 3 N–H and O–H groups in total. The molecule has 1 amide bonds. The van der Waals surface area contributed by atoms with Gasteiger partial charge in [-0.3, -0.25) is 9.59 Å². The average Bonchev–Trinajstić information content (AvgIpc) is 3.55. The maximum atomic E-state index is 12.5. The third-order valence-electron chi connectivity index (χ3n) is 18.4. The number of allylic oxidation sites excluding steroid dienone is 5. The standard InChI is InChI=1S/C80H153NO5/c1-3-5-7-9-11-13-15-17-18-19-20-21-33-36-39-42-45-49-52-56-60-64-68-72-78(83)77(76-82)81-79(84)73-69-65-61-57-53-50-46-43-40-37-34-31-29-27-25-23-22-24-26-28-30-32-35-38-41-44-47-51-55-59-63-67-71-75-86-80(85)74-70-66-62-58-54-48-16-14-12-10-8-6-4-2/h14,16,26,28,68,72,77-78,82-83H,3-13,15,17-25,27,29-67,69-71,73-76H2,1-2H3,(H,81,84)/b16-14-,28-26-,72-68+. The second-order valence-corrected chi connectivity index (χ2v) is 27.0. The van der Waals surface area contributed by atoms with E-state index in [9.17, 15) is 19.8 Å². The molecule has 0 aromatic heterocycles.